The van der Waals surface area contributed by atoms with Crippen molar-refractivity contribution in [2.45, 2.75) is 45.1 Å². The summed E-state index contributed by atoms with van der Waals surface area (Å²) in [6.45, 7) is 4.29. The Morgan fingerprint density at radius 1 is 1.25 bits per heavy atom. The molecule has 0 aromatic heterocycles. The molecule has 1 aliphatic rings. The minimum Gasteiger partial charge on any atom is -0.485 e. The predicted octanol–water partition coefficient (Wildman–Crippen LogP) is 2.99. The van der Waals surface area contributed by atoms with Crippen molar-refractivity contribution in [2.75, 3.05) is 6.61 Å². The largest absolute Gasteiger partial charge is 0.485 e. The van der Waals surface area contributed by atoms with Crippen LogP contribution >= 0.6 is 0 Å². The van der Waals surface area contributed by atoms with Crippen molar-refractivity contribution >= 4 is 0 Å². The van der Waals surface area contributed by atoms with Crippen LogP contribution in [0.2, 0.25) is 0 Å². The Labute approximate surface area is 97.3 Å². The van der Waals surface area contributed by atoms with Gasteiger partial charge in [-0.25, -0.2) is 0 Å². The number of rotatable bonds is 3. The molecule has 0 aliphatic heterocycles. The van der Waals surface area contributed by atoms with E-state index in [1.165, 1.54) is 11.1 Å². The molecule has 1 aliphatic carbocycles. The minimum atomic E-state index is -0.321. The number of aryl methyl sites for hydroxylation is 1. The van der Waals surface area contributed by atoms with Gasteiger partial charge in [-0.3, -0.25) is 0 Å². The molecule has 0 amide bonds. The molecule has 0 spiro atoms. The second kappa shape index (κ2) is 4.46. The fraction of sp³-hybridized carbons (Fsp3) is 0.571. The Morgan fingerprint density at radius 3 is 2.56 bits per heavy atom. The van der Waals surface area contributed by atoms with Gasteiger partial charge in [0.25, 0.3) is 0 Å². The van der Waals surface area contributed by atoms with Gasteiger partial charge in [-0.2, -0.15) is 0 Å². The highest BCUT2D eigenvalue weighted by molar-refractivity contribution is 5.38. The van der Waals surface area contributed by atoms with Gasteiger partial charge in [0, 0.05) is 0 Å². The Morgan fingerprint density at radius 2 is 1.94 bits per heavy atom. The number of ether oxygens (including phenoxy) is 1. The molecule has 2 rings (SSSR count). The van der Waals surface area contributed by atoms with E-state index in [2.05, 4.69) is 19.9 Å². The highest BCUT2D eigenvalue weighted by Gasteiger charge is 2.35. The molecule has 0 heterocycles. The quantitative estimate of drug-likeness (QED) is 0.848. The molecule has 1 aromatic rings. The fourth-order valence-corrected chi connectivity index (χ4v) is 2.38. The van der Waals surface area contributed by atoms with E-state index >= 15 is 0 Å². The van der Waals surface area contributed by atoms with E-state index in [1.54, 1.807) is 0 Å². The molecule has 1 saturated carbocycles. The van der Waals surface area contributed by atoms with Crippen molar-refractivity contribution < 1.29 is 9.84 Å². The number of hydrogen-bond donors (Lipinski definition) is 1. The molecule has 1 fully saturated rings. The lowest BCUT2D eigenvalue weighted by Crippen LogP contribution is -2.37. The number of hydrogen-bond acceptors (Lipinski definition) is 2. The van der Waals surface area contributed by atoms with Crippen molar-refractivity contribution in [2.24, 2.45) is 0 Å². The molecular formula is C14H20O2. The fourth-order valence-electron chi connectivity index (χ4n) is 2.38. The van der Waals surface area contributed by atoms with Crippen LogP contribution in [0.4, 0.5) is 0 Å². The first-order chi connectivity index (χ1) is 7.67. The average Bonchev–Trinajstić information content (AvgIpc) is 2.74. The highest BCUT2D eigenvalue weighted by Crippen LogP contribution is 2.35. The predicted molar refractivity (Wildman–Crippen MR) is 64.8 cm³/mol. The molecule has 2 heteroatoms. The first-order valence-electron chi connectivity index (χ1n) is 6.03. The molecular weight excluding hydrogens is 200 g/mol. The van der Waals surface area contributed by atoms with E-state index in [0.717, 1.165) is 31.4 Å². The maximum absolute atomic E-state index is 9.51. The van der Waals surface area contributed by atoms with Crippen molar-refractivity contribution in [1.29, 1.82) is 0 Å². The van der Waals surface area contributed by atoms with E-state index in [-0.39, 0.29) is 12.2 Å². The highest BCUT2D eigenvalue weighted by atomic mass is 16.5. The molecule has 1 aromatic carbocycles. The number of aliphatic hydroxyl groups is 1. The topological polar surface area (TPSA) is 29.5 Å². The Kier molecular flexibility index (Phi) is 3.20. The monoisotopic (exact) mass is 220 g/mol. The van der Waals surface area contributed by atoms with Gasteiger partial charge in [-0.1, -0.05) is 12.1 Å². The van der Waals surface area contributed by atoms with Crippen LogP contribution in [-0.4, -0.2) is 17.3 Å². The molecule has 88 valence electrons. The summed E-state index contributed by atoms with van der Waals surface area (Å²) < 4.78 is 6.07. The summed E-state index contributed by atoms with van der Waals surface area (Å²) in [4.78, 5) is 0. The van der Waals surface area contributed by atoms with Crippen LogP contribution in [-0.2, 0) is 0 Å². The maximum atomic E-state index is 9.51. The SMILES string of the molecule is Cc1cccc(OC2(CO)CCCC2)c1C. The Balaban J connectivity index is 2.22. The second-order valence-electron chi connectivity index (χ2n) is 4.85. The van der Waals surface area contributed by atoms with Crippen molar-refractivity contribution in [3.05, 3.63) is 29.3 Å². The summed E-state index contributed by atoms with van der Waals surface area (Å²) in [6, 6.07) is 6.10. The van der Waals surface area contributed by atoms with Gasteiger partial charge >= 0.3 is 0 Å². The molecule has 0 unspecified atom stereocenters. The standard InChI is InChI=1S/C14H20O2/c1-11-6-5-7-13(12(11)2)16-14(10-15)8-3-4-9-14/h5-7,15H,3-4,8-10H2,1-2H3. The maximum Gasteiger partial charge on any atom is 0.132 e. The lowest BCUT2D eigenvalue weighted by Gasteiger charge is -2.29. The summed E-state index contributed by atoms with van der Waals surface area (Å²) in [5, 5.41) is 9.51. The van der Waals surface area contributed by atoms with E-state index in [9.17, 15) is 5.11 Å². The van der Waals surface area contributed by atoms with Crippen LogP contribution in [0, 0.1) is 13.8 Å². The van der Waals surface area contributed by atoms with Crippen LogP contribution in [0.25, 0.3) is 0 Å². The molecule has 2 nitrogen and oxygen atoms in total. The Hall–Kier alpha value is -1.02. The van der Waals surface area contributed by atoms with E-state index in [0.29, 0.717) is 0 Å². The molecule has 0 radical (unpaired) electrons. The summed E-state index contributed by atoms with van der Waals surface area (Å²) in [5.74, 6) is 0.927. The molecule has 0 saturated heterocycles. The van der Waals surface area contributed by atoms with Crippen LogP contribution < -0.4 is 4.74 Å². The number of aliphatic hydroxyl groups excluding tert-OH is 1. The van der Waals surface area contributed by atoms with Crippen molar-refractivity contribution in [3.63, 3.8) is 0 Å². The second-order valence-corrected chi connectivity index (χ2v) is 4.85. The Bertz CT molecular complexity index is 365. The van der Waals surface area contributed by atoms with Gasteiger partial charge in [0.1, 0.15) is 11.4 Å². The van der Waals surface area contributed by atoms with Gasteiger partial charge in [0.05, 0.1) is 6.61 Å². The zero-order chi connectivity index (χ0) is 11.6. The van der Waals surface area contributed by atoms with Crippen LogP contribution in [0.1, 0.15) is 36.8 Å². The van der Waals surface area contributed by atoms with Gasteiger partial charge in [0.15, 0.2) is 0 Å². The van der Waals surface area contributed by atoms with Crippen LogP contribution in [0.15, 0.2) is 18.2 Å². The van der Waals surface area contributed by atoms with Crippen molar-refractivity contribution in [1.82, 2.24) is 0 Å². The first kappa shape index (κ1) is 11.5. The smallest absolute Gasteiger partial charge is 0.132 e. The minimum absolute atomic E-state index is 0.125. The van der Waals surface area contributed by atoms with Gasteiger partial charge in [-0.05, 0) is 56.7 Å². The lowest BCUT2D eigenvalue weighted by atomic mass is 10.0. The molecule has 1 N–H and O–H groups in total. The molecule has 0 atom stereocenters. The van der Waals surface area contributed by atoms with E-state index in [1.807, 2.05) is 12.1 Å². The lowest BCUT2D eigenvalue weighted by molar-refractivity contribution is 0.0146. The summed E-state index contributed by atoms with van der Waals surface area (Å²) in [5.41, 5.74) is 2.10. The summed E-state index contributed by atoms with van der Waals surface area (Å²) in [7, 11) is 0. The normalized spacial score (nSPS) is 18.7. The zero-order valence-corrected chi connectivity index (χ0v) is 10.1. The first-order valence-corrected chi connectivity index (χ1v) is 6.03. The van der Waals surface area contributed by atoms with E-state index in [4.69, 9.17) is 4.74 Å². The zero-order valence-electron chi connectivity index (χ0n) is 10.1. The summed E-state index contributed by atoms with van der Waals surface area (Å²) >= 11 is 0. The molecule has 16 heavy (non-hydrogen) atoms. The van der Waals surface area contributed by atoms with Crippen molar-refractivity contribution in [3.8, 4) is 5.75 Å². The van der Waals surface area contributed by atoms with Gasteiger partial charge < -0.3 is 9.84 Å². The number of benzene rings is 1. The molecule has 0 bridgehead atoms. The summed E-state index contributed by atoms with van der Waals surface area (Å²) in [6.07, 6.45) is 4.25. The van der Waals surface area contributed by atoms with Crippen LogP contribution in [0.5, 0.6) is 5.75 Å². The van der Waals surface area contributed by atoms with Gasteiger partial charge in [-0.15, -0.1) is 0 Å². The van der Waals surface area contributed by atoms with Gasteiger partial charge in [0.2, 0.25) is 0 Å². The third-order valence-electron chi connectivity index (χ3n) is 3.68. The van der Waals surface area contributed by atoms with Crippen LogP contribution in [0.3, 0.4) is 0 Å². The third kappa shape index (κ3) is 2.07. The third-order valence-corrected chi connectivity index (χ3v) is 3.68. The van der Waals surface area contributed by atoms with E-state index < -0.39 is 0 Å². The average molecular weight is 220 g/mol.